The van der Waals surface area contributed by atoms with E-state index in [1.807, 2.05) is 18.2 Å². The van der Waals surface area contributed by atoms with Crippen molar-refractivity contribution in [3.05, 3.63) is 35.9 Å². The first-order valence-corrected chi connectivity index (χ1v) is 6.61. The van der Waals surface area contributed by atoms with Gasteiger partial charge in [0.2, 0.25) is 0 Å². The van der Waals surface area contributed by atoms with Gasteiger partial charge in [-0.15, -0.1) is 0 Å². The van der Waals surface area contributed by atoms with Crippen molar-refractivity contribution in [2.45, 2.75) is 32.1 Å². The van der Waals surface area contributed by atoms with Gasteiger partial charge in [0.05, 0.1) is 0 Å². The topological polar surface area (TPSA) is 29.1 Å². The van der Waals surface area contributed by atoms with Crippen molar-refractivity contribution in [2.24, 2.45) is 5.92 Å². The molecule has 1 atom stereocenters. The van der Waals surface area contributed by atoms with Crippen molar-refractivity contribution in [1.29, 1.82) is 0 Å². The van der Waals surface area contributed by atoms with Gasteiger partial charge in [-0.3, -0.25) is 4.79 Å². The van der Waals surface area contributed by atoms with Crippen LogP contribution in [0, 0.1) is 5.92 Å². The Bertz CT molecular complexity index is 341. The number of Topliss-reactive ketones (excluding diaryl/α,β-unsaturated/α-hetero) is 1. The predicted molar refractivity (Wildman–Crippen MR) is 70.0 cm³/mol. The van der Waals surface area contributed by atoms with Gasteiger partial charge in [-0.2, -0.15) is 0 Å². The van der Waals surface area contributed by atoms with E-state index < -0.39 is 0 Å². The molecular weight excluding hydrogens is 210 g/mol. The largest absolute Gasteiger partial charge is 0.316 e. The molecule has 0 aromatic heterocycles. The Morgan fingerprint density at radius 2 is 2.12 bits per heavy atom. The van der Waals surface area contributed by atoms with Crippen LogP contribution in [0.15, 0.2) is 30.3 Å². The van der Waals surface area contributed by atoms with Crippen LogP contribution in [0.5, 0.6) is 0 Å². The highest BCUT2D eigenvalue weighted by Gasteiger charge is 2.16. The highest BCUT2D eigenvalue weighted by molar-refractivity contribution is 5.78. The van der Waals surface area contributed by atoms with Gasteiger partial charge in [0.15, 0.2) is 0 Å². The Labute approximate surface area is 103 Å². The molecule has 1 aromatic carbocycles. The molecule has 2 nitrogen and oxygen atoms in total. The average molecular weight is 231 g/mol. The molecule has 1 aliphatic rings. The third-order valence-electron chi connectivity index (χ3n) is 3.45. The number of carbonyl (C=O) groups excluding carboxylic acids is 1. The Morgan fingerprint density at radius 1 is 1.29 bits per heavy atom. The maximum atomic E-state index is 11.9. The van der Waals surface area contributed by atoms with E-state index in [4.69, 9.17) is 0 Å². The summed E-state index contributed by atoms with van der Waals surface area (Å²) < 4.78 is 0. The van der Waals surface area contributed by atoms with E-state index in [0.29, 0.717) is 18.1 Å². The van der Waals surface area contributed by atoms with Crippen LogP contribution in [-0.4, -0.2) is 18.9 Å². The second kappa shape index (κ2) is 6.55. The standard InChI is InChI=1S/C15H21NO/c17-15(11-14-7-4-10-16-12-14)9-8-13-5-2-1-3-6-13/h1-3,5-6,14,16H,4,7-12H2. The van der Waals surface area contributed by atoms with Crippen molar-refractivity contribution in [3.8, 4) is 0 Å². The number of nitrogens with one attached hydrogen (secondary N) is 1. The minimum absolute atomic E-state index is 0.419. The minimum atomic E-state index is 0.419. The molecule has 0 saturated carbocycles. The number of hydrogen-bond acceptors (Lipinski definition) is 2. The van der Waals surface area contributed by atoms with Crippen LogP contribution in [-0.2, 0) is 11.2 Å². The Balaban J connectivity index is 1.70. The number of piperidine rings is 1. The SMILES string of the molecule is O=C(CCc1ccccc1)CC1CCCNC1. The molecule has 0 radical (unpaired) electrons. The molecule has 92 valence electrons. The summed E-state index contributed by atoms with van der Waals surface area (Å²) in [6, 6.07) is 10.3. The Morgan fingerprint density at radius 3 is 2.82 bits per heavy atom. The van der Waals surface area contributed by atoms with E-state index >= 15 is 0 Å². The number of carbonyl (C=O) groups is 1. The second-order valence-corrected chi connectivity index (χ2v) is 4.94. The van der Waals surface area contributed by atoms with Gasteiger partial charge in [-0.05, 0) is 43.8 Å². The van der Waals surface area contributed by atoms with Crippen molar-refractivity contribution in [3.63, 3.8) is 0 Å². The zero-order valence-electron chi connectivity index (χ0n) is 10.3. The van der Waals surface area contributed by atoms with Gasteiger partial charge in [-0.25, -0.2) is 0 Å². The quantitative estimate of drug-likeness (QED) is 0.844. The minimum Gasteiger partial charge on any atom is -0.316 e. The molecule has 1 saturated heterocycles. The molecule has 0 spiro atoms. The summed E-state index contributed by atoms with van der Waals surface area (Å²) in [6.45, 7) is 2.14. The summed E-state index contributed by atoms with van der Waals surface area (Å²) in [5, 5.41) is 3.36. The molecule has 1 aliphatic heterocycles. The number of rotatable bonds is 5. The van der Waals surface area contributed by atoms with E-state index in [0.717, 1.165) is 25.9 Å². The van der Waals surface area contributed by atoms with Crippen molar-refractivity contribution in [2.75, 3.05) is 13.1 Å². The Kier molecular flexibility index (Phi) is 4.75. The molecule has 1 fully saturated rings. The first-order valence-electron chi connectivity index (χ1n) is 6.61. The molecule has 17 heavy (non-hydrogen) atoms. The average Bonchev–Trinajstić information content (AvgIpc) is 2.39. The third kappa shape index (κ3) is 4.31. The van der Waals surface area contributed by atoms with Crippen LogP contribution in [0.4, 0.5) is 0 Å². The third-order valence-corrected chi connectivity index (χ3v) is 3.45. The van der Waals surface area contributed by atoms with Gasteiger partial charge in [0, 0.05) is 12.8 Å². The molecule has 1 N–H and O–H groups in total. The van der Waals surface area contributed by atoms with Gasteiger partial charge in [0.1, 0.15) is 5.78 Å². The summed E-state index contributed by atoms with van der Waals surface area (Å²) >= 11 is 0. The van der Waals surface area contributed by atoms with Gasteiger partial charge >= 0.3 is 0 Å². The van der Waals surface area contributed by atoms with Crippen molar-refractivity contribution >= 4 is 5.78 Å². The summed E-state index contributed by atoms with van der Waals surface area (Å²) in [4.78, 5) is 11.9. The fraction of sp³-hybridized carbons (Fsp3) is 0.533. The van der Waals surface area contributed by atoms with Crippen LogP contribution >= 0.6 is 0 Å². The number of benzene rings is 1. The lowest BCUT2D eigenvalue weighted by molar-refractivity contribution is -0.120. The molecule has 1 heterocycles. The number of ketones is 1. The van der Waals surface area contributed by atoms with E-state index in [2.05, 4.69) is 17.4 Å². The zero-order valence-corrected chi connectivity index (χ0v) is 10.3. The molecule has 0 amide bonds. The van der Waals surface area contributed by atoms with Crippen LogP contribution in [0.3, 0.4) is 0 Å². The van der Waals surface area contributed by atoms with Crippen molar-refractivity contribution < 1.29 is 4.79 Å². The van der Waals surface area contributed by atoms with Gasteiger partial charge in [0.25, 0.3) is 0 Å². The molecule has 2 heteroatoms. The van der Waals surface area contributed by atoms with E-state index in [-0.39, 0.29) is 0 Å². The highest BCUT2D eigenvalue weighted by Crippen LogP contribution is 2.16. The molecule has 0 aliphatic carbocycles. The fourth-order valence-corrected chi connectivity index (χ4v) is 2.45. The summed E-state index contributed by atoms with van der Waals surface area (Å²) in [5.41, 5.74) is 1.27. The van der Waals surface area contributed by atoms with E-state index in [1.165, 1.54) is 18.4 Å². The first-order chi connectivity index (χ1) is 8.34. The van der Waals surface area contributed by atoms with E-state index in [9.17, 15) is 4.79 Å². The Hall–Kier alpha value is -1.15. The monoisotopic (exact) mass is 231 g/mol. The van der Waals surface area contributed by atoms with Crippen LogP contribution in [0.2, 0.25) is 0 Å². The second-order valence-electron chi connectivity index (χ2n) is 4.94. The predicted octanol–water partition coefficient (Wildman–Crippen LogP) is 2.58. The first kappa shape index (κ1) is 12.3. The molecule has 0 bridgehead atoms. The maximum Gasteiger partial charge on any atom is 0.133 e. The lowest BCUT2D eigenvalue weighted by atomic mass is 9.92. The zero-order chi connectivity index (χ0) is 11.9. The molecule has 2 rings (SSSR count). The number of hydrogen-bond donors (Lipinski definition) is 1. The smallest absolute Gasteiger partial charge is 0.133 e. The molecule has 1 aromatic rings. The van der Waals surface area contributed by atoms with Crippen molar-refractivity contribution in [1.82, 2.24) is 5.32 Å². The lowest BCUT2D eigenvalue weighted by Crippen LogP contribution is -2.31. The summed E-state index contributed by atoms with van der Waals surface area (Å²) in [6.07, 6.45) is 4.78. The maximum absolute atomic E-state index is 11.9. The molecular formula is C15H21NO. The summed E-state index contributed by atoms with van der Waals surface area (Å²) in [5.74, 6) is 0.995. The molecule has 1 unspecified atom stereocenters. The van der Waals surface area contributed by atoms with E-state index in [1.54, 1.807) is 0 Å². The van der Waals surface area contributed by atoms with Crippen LogP contribution in [0.25, 0.3) is 0 Å². The summed E-state index contributed by atoms with van der Waals surface area (Å²) in [7, 11) is 0. The lowest BCUT2D eigenvalue weighted by Gasteiger charge is -2.21. The van der Waals surface area contributed by atoms with Gasteiger partial charge in [-0.1, -0.05) is 30.3 Å². The van der Waals surface area contributed by atoms with Gasteiger partial charge < -0.3 is 5.32 Å². The number of aryl methyl sites for hydroxylation is 1. The highest BCUT2D eigenvalue weighted by atomic mass is 16.1. The fourth-order valence-electron chi connectivity index (χ4n) is 2.45. The van der Waals surface area contributed by atoms with Crippen LogP contribution < -0.4 is 5.32 Å². The van der Waals surface area contributed by atoms with Crippen LogP contribution in [0.1, 0.15) is 31.2 Å². The normalized spacial score (nSPS) is 20.1.